The summed E-state index contributed by atoms with van der Waals surface area (Å²) in [5.41, 5.74) is 0.377. The molecule has 18 heavy (non-hydrogen) atoms. The van der Waals surface area contributed by atoms with Crippen LogP contribution in [0.25, 0.3) is 0 Å². The molecule has 0 aliphatic carbocycles. The van der Waals surface area contributed by atoms with Crippen LogP contribution in [0.2, 0.25) is 0 Å². The van der Waals surface area contributed by atoms with Crippen molar-refractivity contribution in [3.05, 3.63) is 35.9 Å². The standard InChI is InChI=1S/C15H24O3/c1-2-3-10-18-11-9-15(12-16,13-17)14-7-5-4-6-8-14/h4-8,16-17H,2-3,9-13H2,1H3. The van der Waals surface area contributed by atoms with Gasteiger partial charge in [0.2, 0.25) is 0 Å². The van der Waals surface area contributed by atoms with Gasteiger partial charge in [-0.15, -0.1) is 0 Å². The molecule has 0 aliphatic rings. The fraction of sp³-hybridized carbons (Fsp3) is 0.600. The lowest BCUT2D eigenvalue weighted by Gasteiger charge is -2.30. The van der Waals surface area contributed by atoms with Gasteiger partial charge in [0.1, 0.15) is 0 Å². The van der Waals surface area contributed by atoms with E-state index in [1.807, 2.05) is 30.3 Å². The Kier molecular flexibility index (Phi) is 6.94. The second-order valence-corrected chi connectivity index (χ2v) is 4.68. The van der Waals surface area contributed by atoms with Gasteiger partial charge < -0.3 is 14.9 Å². The largest absolute Gasteiger partial charge is 0.395 e. The van der Waals surface area contributed by atoms with Crippen LogP contribution in [-0.4, -0.2) is 36.6 Å². The van der Waals surface area contributed by atoms with Crippen LogP contribution in [0.15, 0.2) is 30.3 Å². The van der Waals surface area contributed by atoms with Crippen LogP contribution < -0.4 is 0 Å². The van der Waals surface area contributed by atoms with E-state index in [0.29, 0.717) is 13.0 Å². The summed E-state index contributed by atoms with van der Waals surface area (Å²) in [4.78, 5) is 0. The maximum Gasteiger partial charge on any atom is 0.0550 e. The minimum atomic E-state index is -0.590. The SMILES string of the molecule is CCCCOCCC(CO)(CO)c1ccccc1. The zero-order valence-electron chi connectivity index (χ0n) is 11.1. The van der Waals surface area contributed by atoms with E-state index in [0.717, 1.165) is 25.0 Å². The summed E-state index contributed by atoms with van der Waals surface area (Å²) < 4.78 is 5.53. The summed E-state index contributed by atoms with van der Waals surface area (Å²) in [5, 5.41) is 19.2. The van der Waals surface area contributed by atoms with E-state index in [1.165, 1.54) is 0 Å². The Balaban J connectivity index is 2.58. The molecule has 2 N–H and O–H groups in total. The predicted molar refractivity (Wildman–Crippen MR) is 72.6 cm³/mol. The summed E-state index contributed by atoms with van der Waals surface area (Å²) in [6.45, 7) is 3.31. The highest BCUT2D eigenvalue weighted by molar-refractivity contribution is 5.25. The monoisotopic (exact) mass is 252 g/mol. The van der Waals surface area contributed by atoms with Crippen molar-refractivity contribution in [2.24, 2.45) is 0 Å². The second kappa shape index (κ2) is 8.25. The third-order valence-electron chi connectivity index (χ3n) is 3.36. The average molecular weight is 252 g/mol. The molecule has 0 saturated heterocycles. The molecule has 3 nitrogen and oxygen atoms in total. The third-order valence-corrected chi connectivity index (χ3v) is 3.36. The first-order chi connectivity index (χ1) is 8.79. The van der Waals surface area contributed by atoms with Gasteiger partial charge in [0.15, 0.2) is 0 Å². The highest BCUT2D eigenvalue weighted by Crippen LogP contribution is 2.27. The van der Waals surface area contributed by atoms with Crippen molar-refractivity contribution >= 4 is 0 Å². The number of hydrogen-bond donors (Lipinski definition) is 2. The number of benzene rings is 1. The van der Waals surface area contributed by atoms with Gasteiger partial charge in [-0.25, -0.2) is 0 Å². The van der Waals surface area contributed by atoms with Crippen molar-refractivity contribution in [2.45, 2.75) is 31.6 Å². The maximum absolute atomic E-state index is 9.62. The van der Waals surface area contributed by atoms with E-state index in [9.17, 15) is 10.2 Å². The minimum Gasteiger partial charge on any atom is -0.395 e. The van der Waals surface area contributed by atoms with Crippen LogP contribution in [0.5, 0.6) is 0 Å². The summed E-state index contributed by atoms with van der Waals surface area (Å²) in [6.07, 6.45) is 2.80. The zero-order chi connectivity index (χ0) is 13.3. The lowest BCUT2D eigenvalue weighted by atomic mass is 9.79. The number of unbranched alkanes of at least 4 members (excludes halogenated alkanes) is 1. The molecule has 0 saturated carbocycles. The van der Waals surface area contributed by atoms with Gasteiger partial charge >= 0.3 is 0 Å². The molecule has 102 valence electrons. The number of aliphatic hydroxyl groups is 2. The minimum absolute atomic E-state index is 0.0648. The molecule has 0 unspecified atom stereocenters. The Morgan fingerprint density at radius 3 is 2.28 bits per heavy atom. The molecule has 1 aromatic rings. The van der Waals surface area contributed by atoms with Gasteiger partial charge in [-0.2, -0.15) is 0 Å². The van der Waals surface area contributed by atoms with Crippen LogP contribution in [0.3, 0.4) is 0 Å². The van der Waals surface area contributed by atoms with Gasteiger partial charge in [-0.3, -0.25) is 0 Å². The van der Waals surface area contributed by atoms with Crippen LogP contribution in [0.4, 0.5) is 0 Å². The molecule has 1 aromatic carbocycles. The number of rotatable bonds is 9. The molecule has 0 amide bonds. The highest BCUT2D eigenvalue weighted by Gasteiger charge is 2.30. The van der Waals surface area contributed by atoms with Gasteiger partial charge in [0.05, 0.1) is 13.2 Å². The summed E-state index contributed by atoms with van der Waals surface area (Å²) in [7, 11) is 0. The van der Waals surface area contributed by atoms with Crippen molar-refractivity contribution in [2.75, 3.05) is 26.4 Å². The molecule has 0 spiro atoms. The molecule has 0 aromatic heterocycles. The summed E-state index contributed by atoms with van der Waals surface area (Å²) in [5.74, 6) is 0. The first-order valence-electron chi connectivity index (χ1n) is 6.64. The molecule has 1 rings (SSSR count). The maximum atomic E-state index is 9.62. The van der Waals surface area contributed by atoms with E-state index in [1.54, 1.807) is 0 Å². The Hall–Kier alpha value is -0.900. The Labute approximate surface area is 109 Å². The predicted octanol–water partition coefficient (Wildman–Crippen LogP) is 2.12. The van der Waals surface area contributed by atoms with Crippen LogP contribution >= 0.6 is 0 Å². The van der Waals surface area contributed by atoms with Crippen molar-refractivity contribution in [3.63, 3.8) is 0 Å². The van der Waals surface area contributed by atoms with E-state index >= 15 is 0 Å². The molecule has 0 aliphatic heterocycles. The highest BCUT2D eigenvalue weighted by atomic mass is 16.5. The van der Waals surface area contributed by atoms with Gasteiger partial charge in [-0.1, -0.05) is 43.7 Å². The smallest absolute Gasteiger partial charge is 0.0550 e. The van der Waals surface area contributed by atoms with E-state index in [-0.39, 0.29) is 13.2 Å². The Morgan fingerprint density at radius 2 is 1.72 bits per heavy atom. The average Bonchev–Trinajstić information content (AvgIpc) is 2.44. The lowest BCUT2D eigenvalue weighted by Crippen LogP contribution is -2.36. The molecule has 0 fully saturated rings. The fourth-order valence-electron chi connectivity index (χ4n) is 1.94. The van der Waals surface area contributed by atoms with Crippen molar-refractivity contribution < 1.29 is 14.9 Å². The Morgan fingerprint density at radius 1 is 1.06 bits per heavy atom. The van der Waals surface area contributed by atoms with E-state index in [2.05, 4.69) is 6.92 Å². The second-order valence-electron chi connectivity index (χ2n) is 4.68. The van der Waals surface area contributed by atoms with Gasteiger partial charge in [-0.05, 0) is 18.4 Å². The molecule has 0 atom stereocenters. The van der Waals surface area contributed by atoms with Crippen molar-refractivity contribution in [1.29, 1.82) is 0 Å². The number of aliphatic hydroxyl groups excluding tert-OH is 2. The molecule has 0 radical (unpaired) electrons. The van der Waals surface area contributed by atoms with Crippen molar-refractivity contribution in [1.82, 2.24) is 0 Å². The topological polar surface area (TPSA) is 49.7 Å². The van der Waals surface area contributed by atoms with Crippen LogP contribution in [-0.2, 0) is 10.2 Å². The first-order valence-corrected chi connectivity index (χ1v) is 6.64. The number of ether oxygens (including phenoxy) is 1. The molecular formula is C15H24O3. The van der Waals surface area contributed by atoms with Crippen molar-refractivity contribution in [3.8, 4) is 0 Å². The van der Waals surface area contributed by atoms with E-state index in [4.69, 9.17) is 4.74 Å². The molecule has 0 bridgehead atoms. The number of hydrogen-bond acceptors (Lipinski definition) is 3. The molecule has 0 heterocycles. The van der Waals surface area contributed by atoms with Gasteiger partial charge in [0, 0.05) is 18.6 Å². The quantitative estimate of drug-likeness (QED) is 0.662. The zero-order valence-corrected chi connectivity index (χ0v) is 11.1. The van der Waals surface area contributed by atoms with E-state index < -0.39 is 5.41 Å². The van der Waals surface area contributed by atoms with Crippen LogP contribution in [0, 0.1) is 0 Å². The summed E-state index contributed by atoms with van der Waals surface area (Å²) >= 11 is 0. The summed E-state index contributed by atoms with van der Waals surface area (Å²) in [6, 6.07) is 9.67. The van der Waals surface area contributed by atoms with Gasteiger partial charge in [0.25, 0.3) is 0 Å². The Bertz CT molecular complexity index is 307. The normalized spacial score (nSPS) is 11.7. The van der Waals surface area contributed by atoms with Crippen LogP contribution in [0.1, 0.15) is 31.7 Å². The molecule has 3 heteroatoms. The molecular weight excluding hydrogens is 228 g/mol. The third kappa shape index (κ3) is 4.09. The fourth-order valence-corrected chi connectivity index (χ4v) is 1.94. The first kappa shape index (κ1) is 15.2. The lowest BCUT2D eigenvalue weighted by molar-refractivity contribution is 0.0616.